The fraction of sp³-hybridized carbons (Fsp3) is 0.286. The molecule has 0 aliphatic heterocycles. The maximum absolute atomic E-state index is 11.6. The second-order valence-electron chi connectivity index (χ2n) is 4.09. The van der Waals surface area contributed by atoms with E-state index in [1.807, 2.05) is 17.5 Å². The van der Waals surface area contributed by atoms with Gasteiger partial charge in [-0.3, -0.25) is 4.79 Å². The molecular weight excluding hydrogens is 244 g/mol. The molecule has 3 nitrogen and oxygen atoms in total. The van der Waals surface area contributed by atoms with Crippen molar-refractivity contribution in [2.75, 3.05) is 0 Å². The summed E-state index contributed by atoms with van der Waals surface area (Å²) in [6, 6.07) is 7.28. The molecule has 92 valence electrons. The molecule has 0 radical (unpaired) electrons. The molecule has 2 aromatic rings. The lowest BCUT2D eigenvalue weighted by molar-refractivity contribution is 0.804. The van der Waals surface area contributed by atoms with Crippen LogP contribution in [-0.4, -0.2) is 4.98 Å². The first kappa shape index (κ1) is 12.6. The summed E-state index contributed by atoms with van der Waals surface area (Å²) in [5, 5.41) is 10.8. The summed E-state index contributed by atoms with van der Waals surface area (Å²) in [5.74, 6) is 0. The lowest BCUT2D eigenvalue weighted by Gasteiger charge is -2.03. The topological polar surface area (TPSA) is 56.6 Å². The van der Waals surface area contributed by atoms with E-state index in [1.54, 1.807) is 23.5 Å². The minimum atomic E-state index is -0.317. The van der Waals surface area contributed by atoms with Gasteiger partial charge in [-0.1, -0.05) is 13.3 Å². The van der Waals surface area contributed by atoms with Crippen LogP contribution in [-0.2, 0) is 6.42 Å². The Hall–Kier alpha value is -1.86. The highest BCUT2D eigenvalue weighted by atomic mass is 32.1. The van der Waals surface area contributed by atoms with E-state index in [0.29, 0.717) is 0 Å². The molecule has 0 bridgehead atoms. The Morgan fingerprint density at radius 2 is 2.22 bits per heavy atom. The minimum absolute atomic E-state index is 0.157. The van der Waals surface area contributed by atoms with E-state index in [2.05, 4.69) is 11.9 Å². The van der Waals surface area contributed by atoms with Crippen LogP contribution < -0.4 is 5.56 Å². The Morgan fingerprint density at radius 3 is 2.89 bits per heavy atom. The molecule has 0 unspecified atom stereocenters. The molecule has 4 heteroatoms. The number of rotatable bonds is 4. The number of thiophene rings is 1. The third-order valence-electron chi connectivity index (χ3n) is 2.82. The fourth-order valence-corrected chi connectivity index (χ4v) is 2.77. The lowest BCUT2D eigenvalue weighted by Crippen LogP contribution is -2.10. The highest BCUT2D eigenvalue weighted by molar-refractivity contribution is 7.10. The first-order valence-electron chi connectivity index (χ1n) is 5.96. The maximum Gasteiger partial charge on any atom is 0.266 e. The summed E-state index contributed by atoms with van der Waals surface area (Å²) in [6.07, 6.45) is 3.33. The molecule has 0 fully saturated rings. The third-order valence-corrected chi connectivity index (χ3v) is 3.80. The molecule has 2 aromatic heterocycles. The predicted molar refractivity (Wildman–Crippen MR) is 73.7 cm³/mol. The van der Waals surface area contributed by atoms with E-state index in [-0.39, 0.29) is 11.1 Å². The number of aryl methyl sites for hydroxylation is 1. The lowest BCUT2D eigenvalue weighted by atomic mass is 10.1. The summed E-state index contributed by atoms with van der Waals surface area (Å²) in [6.45, 7) is 2.16. The second kappa shape index (κ2) is 5.65. The van der Waals surface area contributed by atoms with Gasteiger partial charge in [0.15, 0.2) is 0 Å². The zero-order valence-corrected chi connectivity index (χ0v) is 11.0. The van der Waals surface area contributed by atoms with Crippen molar-refractivity contribution in [2.24, 2.45) is 0 Å². The van der Waals surface area contributed by atoms with Crippen LogP contribution in [0.1, 0.15) is 30.2 Å². The second-order valence-corrected chi connectivity index (χ2v) is 5.09. The number of pyridine rings is 1. The number of aromatic nitrogens is 1. The normalized spacial score (nSPS) is 10.2. The van der Waals surface area contributed by atoms with E-state index in [1.165, 1.54) is 4.88 Å². The van der Waals surface area contributed by atoms with Gasteiger partial charge in [-0.15, -0.1) is 11.3 Å². The van der Waals surface area contributed by atoms with Crippen molar-refractivity contribution in [3.05, 3.63) is 44.4 Å². The molecule has 0 amide bonds. The summed E-state index contributed by atoms with van der Waals surface area (Å²) >= 11 is 1.71. The molecule has 2 heterocycles. The van der Waals surface area contributed by atoms with Crippen LogP contribution in [0, 0.1) is 11.3 Å². The molecule has 0 saturated heterocycles. The quantitative estimate of drug-likeness (QED) is 0.914. The SMILES string of the molecule is CCCCc1sccc1-c1ccc(C#N)c(=O)[nH]1. The Kier molecular flexibility index (Phi) is 3.96. The smallest absolute Gasteiger partial charge is 0.266 e. The number of hydrogen-bond donors (Lipinski definition) is 1. The van der Waals surface area contributed by atoms with Gasteiger partial charge in [0.1, 0.15) is 11.6 Å². The number of nitriles is 1. The van der Waals surface area contributed by atoms with Gasteiger partial charge >= 0.3 is 0 Å². The number of aromatic amines is 1. The summed E-state index contributed by atoms with van der Waals surface area (Å²) < 4.78 is 0. The number of H-pyrrole nitrogens is 1. The van der Waals surface area contributed by atoms with E-state index in [9.17, 15) is 4.79 Å². The Morgan fingerprint density at radius 1 is 1.39 bits per heavy atom. The monoisotopic (exact) mass is 258 g/mol. The first-order valence-corrected chi connectivity index (χ1v) is 6.84. The van der Waals surface area contributed by atoms with Crippen molar-refractivity contribution < 1.29 is 0 Å². The van der Waals surface area contributed by atoms with Crippen molar-refractivity contribution in [1.29, 1.82) is 5.26 Å². The molecule has 2 rings (SSSR count). The van der Waals surface area contributed by atoms with Gasteiger partial charge in [-0.2, -0.15) is 5.26 Å². The van der Waals surface area contributed by atoms with Crippen molar-refractivity contribution in [1.82, 2.24) is 4.98 Å². The van der Waals surface area contributed by atoms with Gasteiger partial charge < -0.3 is 4.98 Å². The van der Waals surface area contributed by atoms with Crippen molar-refractivity contribution in [3.63, 3.8) is 0 Å². The first-order chi connectivity index (χ1) is 8.76. The molecule has 1 N–H and O–H groups in total. The largest absolute Gasteiger partial charge is 0.321 e. The number of unbranched alkanes of at least 4 members (excludes halogenated alkanes) is 1. The van der Waals surface area contributed by atoms with Crippen LogP contribution in [0.2, 0.25) is 0 Å². The zero-order valence-electron chi connectivity index (χ0n) is 10.2. The number of nitrogens with one attached hydrogen (secondary N) is 1. The fourth-order valence-electron chi connectivity index (χ4n) is 1.83. The van der Waals surface area contributed by atoms with Crippen LogP contribution in [0.3, 0.4) is 0 Å². The highest BCUT2D eigenvalue weighted by Gasteiger charge is 2.08. The average Bonchev–Trinajstić information content (AvgIpc) is 2.84. The molecule has 18 heavy (non-hydrogen) atoms. The van der Waals surface area contributed by atoms with Crippen molar-refractivity contribution >= 4 is 11.3 Å². The number of hydrogen-bond acceptors (Lipinski definition) is 3. The van der Waals surface area contributed by atoms with Crippen molar-refractivity contribution in [3.8, 4) is 17.3 Å². The standard InChI is InChI=1S/C14H14N2OS/c1-2-3-4-13-11(7-8-18-13)12-6-5-10(9-15)14(17)16-12/h5-8H,2-4H2,1H3,(H,16,17). The molecule has 0 saturated carbocycles. The predicted octanol–water partition coefficient (Wildman–Crippen LogP) is 3.32. The maximum atomic E-state index is 11.6. The Labute approximate surface area is 110 Å². The van der Waals surface area contributed by atoms with Gasteiger partial charge in [-0.05, 0) is 36.4 Å². The van der Waals surface area contributed by atoms with Gasteiger partial charge in [-0.25, -0.2) is 0 Å². The number of nitrogens with zero attached hydrogens (tertiary/aromatic N) is 1. The Bertz CT molecular complexity index is 634. The van der Waals surface area contributed by atoms with Crippen LogP contribution in [0.4, 0.5) is 0 Å². The van der Waals surface area contributed by atoms with E-state index in [0.717, 1.165) is 30.5 Å². The molecule has 0 spiro atoms. The van der Waals surface area contributed by atoms with Crippen LogP contribution >= 0.6 is 11.3 Å². The highest BCUT2D eigenvalue weighted by Crippen LogP contribution is 2.27. The molecule has 0 atom stereocenters. The molecule has 0 aliphatic carbocycles. The van der Waals surface area contributed by atoms with Gasteiger partial charge in [0.2, 0.25) is 0 Å². The van der Waals surface area contributed by atoms with Crippen LogP contribution in [0.5, 0.6) is 0 Å². The molecular formula is C14H14N2OS. The minimum Gasteiger partial charge on any atom is -0.321 e. The van der Waals surface area contributed by atoms with Crippen molar-refractivity contribution in [2.45, 2.75) is 26.2 Å². The van der Waals surface area contributed by atoms with E-state index >= 15 is 0 Å². The average molecular weight is 258 g/mol. The van der Waals surface area contributed by atoms with Gasteiger partial charge in [0.25, 0.3) is 5.56 Å². The third kappa shape index (κ3) is 2.52. The zero-order chi connectivity index (χ0) is 13.0. The van der Waals surface area contributed by atoms with Crippen LogP contribution in [0.15, 0.2) is 28.4 Å². The van der Waals surface area contributed by atoms with Crippen LogP contribution in [0.25, 0.3) is 11.3 Å². The molecule has 0 aromatic carbocycles. The summed E-state index contributed by atoms with van der Waals surface area (Å²) in [4.78, 5) is 15.7. The molecule has 0 aliphatic rings. The van der Waals surface area contributed by atoms with Gasteiger partial charge in [0.05, 0.1) is 0 Å². The van der Waals surface area contributed by atoms with Gasteiger partial charge in [0, 0.05) is 16.1 Å². The Balaban J connectivity index is 2.38. The summed E-state index contributed by atoms with van der Waals surface area (Å²) in [7, 11) is 0. The summed E-state index contributed by atoms with van der Waals surface area (Å²) in [5.41, 5.74) is 1.72. The van der Waals surface area contributed by atoms with E-state index in [4.69, 9.17) is 5.26 Å². The van der Waals surface area contributed by atoms with E-state index < -0.39 is 0 Å².